The van der Waals surface area contributed by atoms with Gasteiger partial charge < -0.3 is 38.0 Å². The molecule has 2 heterocycles. The number of carbonyl (C=O) groups excluding carboxylic acids is 2. The van der Waals surface area contributed by atoms with E-state index in [1.807, 2.05) is 6.92 Å². The normalized spacial score (nSPS) is 15.4. The minimum absolute atomic E-state index is 0.0594. The van der Waals surface area contributed by atoms with Crippen LogP contribution in [0.2, 0.25) is 5.02 Å². The number of amides is 2. The summed E-state index contributed by atoms with van der Waals surface area (Å²) in [6.45, 7) is 2.29. The highest BCUT2D eigenvalue weighted by Gasteiger charge is 2.29. The molecule has 206 valence electrons. The maximum atomic E-state index is 13.7. The summed E-state index contributed by atoms with van der Waals surface area (Å²) in [5.41, 5.74) is 18.7. The molecule has 0 saturated carbocycles. The lowest BCUT2D eigenvalue weighted by Gasteiger charge is -2.27. The van der Waals surface area contributed by atoms with E-state index in [4.69, 9.17) is 38.9 Å². The van der Waals surface area contributed by atoms with Crippen LogP contribution < -0.4 is 38.1 Å². The van der Waals surface area contributed by atoms with Gasteiger partial charge in [-0.1, -0.05) is 18.5 Å². The zero-order valence-electron chi connectivity index (χ0n) is 21.7. The Balaban J connectivity index is 2.07. The van der Waals surface area contributed by atoms with Crippen molar-refractivity contribution in [2.75, 3.05) is 19.4 Å². The first-order valence-corrected chi connectivity index (χ1v) is 12.5. The first-order valence-electron chi connectivity index (χ1n) is 12.2. The van der Waals surface area contributed by atoms with Gasteiger partial charge in [0, 0.05) is 46.0 Å². The summed E-state index contributed by atoms with van der Waals surface area (Å²) < 4.78 is 6.92. The summed E-state index contributed by atoms with van der Waals surface area (Å²) in [6, 6.07) is 5.36. The van der Waals surface area contributed by atoms with Crippen molar-refractivity contribution >= 4 is 35.3 Å². The third-order valence-corrected chi connectivity index (χ3v) is 6.54. The van der Waals surface area contributed by atoms with Crippen molar-refractivity contribution in [2.45, 2.75) is 25.8 Å². The Hall–Kier alpha value is -4.35. The molecule has 0 fully saturated rings. The highest BCUT2D eigenvalue weighted by molar-refractivity contribution is 6.31. The quantitative estimate of drug-likeness (QED) is 0.139. The fraction of sp³-hybridized carbons (Fsp3) is 0.259. The van der Waals surface area contributed by atoms with E-state index in [1.54, 1.807) is 24.3 Å². The average molecular weight is 554 g/mol. The van der Waals surface area contributed by atoms with E-state index >= 15 is 0 Å². The van der Waals surface area contributed by atoms with Crippen molar-refractivity contribution in [3.8, 4) is 16.9 Å². The van der Waals surface area contributed by atoms with Gasteiger partial charge in [-0.3, -0.25) is 19.0 Å². The van der Waals surface area contributed by atoms with Crippen molar-refractivity contribution in [1.29, 1.82) is 5.41 Å². The number of primary amides is 1. The third-order valence-electron chi connectivity index (χ3n) is 6.31. The Kier molecular flexibility index (Phi) is 9.69. The number of ether oxygens (including phenoxy) is 1. The number of anilines is 1. The molecule has 39 heavy (non-hydrogen) atoms. The summed E-state index contributed by atoms with van der Waals surface area (Å²) in [6.07, 6.45) is 8.11. The van der Waals surface area contributed by atoms with Gasteiger partial charge in [0.15, 0.2) is 0 Å². The van der Waals surface area contributed by atoms with Gasteiger partial charge in [0.05, 0.1) is 24.6 Å². The Morgan fingerprint density at radius 2 is 2.03 bits per heavy atom. The Bertz CT molecular complexity index is 1430. The van der Waals surface area contributed by atoms with Gasteiger partial charge in [0.2, 0.25) is 5.91 Å². The number of rotatable bonds is 11. The molecule has 3 rings (SSSR count). The second kappa shape index (κ2) is 12.9. The summed E-state index contributed by atoms with van der Waals surface area (Å²) in [5, 5.41) is 13.6. The smallest absolute Gasteiger partial charge is 0.252 e. The van der Waals surface area contributed by atoms with Gasteiger partial charge in [-0.15, -0.1) is 0 Å². The van der Waals surface area contributed by atoms with Crippen LogP contribution in [0.1, 0.15) is 25.8 Å². The minimum atomic E-state index is -0.932. The van der Waals surface area contributed by atoms with Crippen LogP contribution in [0.25, 0.3) is 11.1 Å². The maximum absolute atomic E-state index is 13.7. The van der Waals surface area contributed by atoms with Gasteiger partial charge in [0.25, 0.3) is 11.5 Å². The summed E-state index contributed by atoms with van der Waals surface area (Å²) in [4.78, 5) is 38.8. The predicted octanol–water partition coefficient (Wildman–Crippen LogP) is 2.18. The molecular weight excluding hydrogens is 522 g/mol. The summed E-state index contributed by atoms with van der Waals surface area (Å²) in [5.74, 6) is -1.22. The lowest BCUT2D eigenvalue weighted by Crippen LogP contribution is -2.40. The molecule has 2 aromatic rings. The molecule has 2 atom stereocenters. The van der Waals surface area contributed by atoms with Crippen LogP contribution in [-0.2, 0) is 9.59 Å². The maximum Gasteiger partial charge on any atom is 0.252 e. The van der Waals surface area contributed by atoms with E-state index in [0.717, 1.165) is 6.21 Å². The van der Waals surface area contributed by atoms with Crippen LogP contribution in [0.4, 0.5) is 5.69 Å². The van der Waals surface area contributed by atoms with Crippen LogP contribution in [0.15, 0.2) is 70.6 Å². The van der Waals surface area contributed by atoms with Crippen molar-refractivity contribution in [2.24, 2.45) is 17.4 Å². The number of nitrogen functional groups attached to an aromatic ring is 1. The lowest BCUT2D eigenvalue weighted by atomic mass is 9.94. The molecule has 1 aliphatic heterocycles. The van der Waals surface area contributed by atoms with Crippen LogP contribution >= 0.6 is 11.6 Å². The Labute approximate surface area is 230 Å². The van der Waals surface area contributed by atoms with Crippen LogP contribution in [0.5, 0.6) is 5.75 Å². The van der Waals surface area contributed by atoms with E-state index in [2.05, 4.69) is 10.6 Å². The number of nitrogens with two attached hydrogens (primary N) is 3. The number of halogens is 1. The molecule has 1 aliphatic rings. The molecule has 2 amide bonds. The van der Waals surface area contributed by atoms with E-state index in [1.165, 1.54) is 36.2 Å². The molecule has 9 N–H and O–H groups in total. The number of nitrogens with zero attached hydrogens (tertiary/aromatic N) is 1. The fourth-order valence-corrected chi connectivity index (χ4v) is 4.51. The lowest BCUT2D eigenvalue weighted by molar-refractivity contribution is -0.125. The molecule has 0 saturated heterocycles. The molecular formula is C27H32ClN7O4. The molecule has 0 radical (unpaired) electrons. The zero-order valence-corrected chi connectivity index (χ0v) is 22.4. The second-order valence-electron chi connectivity index (χ2n) is 8.99. The van der Waals surface area contributed by atoms with Crippen LogP contribution in [-0.4, -0.2) is 36.3 Å². The summed E-state index contributed by atoms with van der Waals surface area (Å²) in [7, 11) is 1.46. The topological polar surface area (TPSA) is 191 Å². The number of aromatic nitrogens is 1. The number of hydrogen-bond acceptors (Lipinski definition) is 8. The van der Waals surface area contributed by atoms with Gasteiger partial charge in [0.1, 0.15) is 11.8 Å². The SMILES string of the molecule is COc1cn(C(C(=O)NC2=C/C(=C(/C=N)C(N)=O)NC=C2)C(C)CCCN)c(=O)cc1-c1cc(Cl)ccc1N. The highest BCUT2D eigenvalue weighted by Crippen LogP contribution is 2.35. The van der Waals surface area contributed by atoms with Crippen LogP contribution in [0, 0.1) is 11.3 Å². The molecule has 11 nitrogen and oxygen atoms in total. The molecule has 0 bridgehead atoms. The number of methoxy groups -OCH3 is 1. The molecule has 2 unspecified atom stereocenters. The van der Waals surface area contributed by atoms with Crippen LogP contribution in [0.3, 0.4) is 0 Å². The van der Waals surface area contributed by atoms with Gasteiger partial charge >= 0.3 is 0 Å². The van der Waals surface area contributed by atoms with Gasteiger partial charge in [-0.2, -0.15) is 0 Å². The molecule has 0 spiro atoms. The first-order chi connectivity index (χ1) is 18.6. The largest absolute Gasteiger partial charge is 0.495 e. The van der Waals surface area contributed by atoms with Crippen molar-refractivity contribution in [1.82, 2.24) is 15.2 Å². The van der Waals surface area contributed by atoms with Crippen molar-refractivity contribution in [3.05, 3.63) is 81.2 Å². The summed E-state index contributed by atoms with van der Waals surface area (Å²) >= 11 is 6.17. The number of carbonyl (C=O) groups is 2. The average Bonchev–Trinajstić information content (AvgIpc) is 2.90. The number of dihydropyridines is 1. The monoisotopic (exact) mass is 553 g/mol. The predicted molar refractivity (Wildman–Crippen MR) is 152 cm³/mol. The standard InChI is InChI=1S/C27H32ClN7O4/c1-15(4-3-8-29)25(27(38)34-17-7-9-33-22(11-17)20(13-30)26(32)37)35-14-23(39-2)19(12-24(35)36)18-10-16(28)5-6-21(18)31/h5-7,9-15,25,30,33H,3-4,8,29,31H2,1-2H3,(H2,32,37)(H,34,38)/b22-20+,30-13?. The fourth-order valence-electron chi connectivity index (χ4n) is 4.34. The van der Waals surface area contributed by atoms with Gasteiger partial charge in [-0.25, -0.2) is 0 Å². The van der Waals surface area contributed by atoms with Crippen molar-refractivity contribution in [3.63, 3.8) is 0 Å². The van der Waals surface area contributed by atoms with E-state index < -0.39 is 23.4 Å². The highest BCUT2D eigenvalue weighted by atomic mass is 35.5. The van der Waals surface area contributed by atoms with Gasteiger partial charge in [-0.05, 0) is 55.7 Å². The van der Waals surface area contributed by atoms with E-state index in [0.29, 0.717) is 52.7 Å². The Morgan fingerprint density at radius 3 is 2.67 bits per heavy atom. The number of pyridine rings is 1. The zero-order chi connectivity index (χ0) is 28.7. The second-order valence-corrected chi connectivity index (χ2v) is 9.42. The Morgan fingerprint density at radius 1 is 1.28 bits per heavy atom. The minimum Gasteiger partial charge on any atom is -0.495 e. The third kappa shape index (κ3) is 6.75. The van der Waals surface area contributed by atoms with E-state index in [-0.39, 0.29) is 17.2 Å². The molecule has 1 aromatic carbocycles. The molecule has 12 heteroatoms. The molecule has 0 aliphatic carbocycles. The number of allylic oxidation sites excluding steroid dienone is 2. The number of nitrogens with one attached hydrogen (secondary N) is 3. The molecule has 1 aromatic heterocycles. The number of benzene rings is 1. The number of hydrogen-bond donors (Lipinski definition) is 6. The van der Waals surface area contributed by atoms with E-state index in [9.17, 15) is 14.4 Å². The van der Waals surface area contributed by atoms with Crippen molar-refractivity contribution < 1.29 is 14.3 Å². The first kappa shape index (κ1) is 29.2.